The molecule has 0 unspecified atom stereocenters. The summed E-state index contributed by atoms with van der Waals surface area (Å²) in [5.74, 6) is -0.231. The van der Waals surface area contributed by atoms with E-state index in [4.69, 9.17) is 0 Å². The Morgan fingerprint density at radius 2 is 0.983 bits per heavy atom. The van der Waals surface area contributed by atoms with Crippen LogP contribution < -0.4 is 4.90 Å². The lowest BCUT2D eigenvalue weighted by Gasteiger charge is -2.26. The predicted octanol–water partition coefficient (Wildman–Crippen LogP) is 15.8. The van der Waals surface area contributed by atoms with Crippen LogP contribution in [-0.4, -0.2) is 4.57 Å². The second-order valence-electron chi connectivity index (χ2n) is 14.7. The Balaban J connectivity index is 0.993. The van der Waals surface area contributed by atoms with E-state index in [1.54, 1.807) is 12.1 Å². The second-order valence-corrected chi connectivity index (χ2v) is 15.8. The molecule has 0 fully saturated rings. The third-order valence-electron chi connectivity index (χ3n) is 11.2. The molecule has 2 heterocycles. The summed E-state index contributed by atoms with van der Waals surface area (Å²) in [6, 6.07) is 74.4. The first kappa shape index (κ1) is 34.0. The highest BCUT2D eigenvalue weighted by atomic mass is 32.1. The molecule has 0 amide bonds. The Labute approximate surface area is 339 Å². The zero-order valence-corrected chi connectivity index (χ0v) is 32.2. The Hall–Kier alpha value is -7.27. The first-order chi connectivity index (χ1) is 28.7. The van der Waals surface area contributed by atoms with Crippen molar-refractivity contribution >= 4 is 70.4 Å². The molecule has 9 aromatic carbocycles. The Morgan fingerprint density at radius 1 is 0.379 bits per heavy atom. The molecule has 0 aliphatic rings. The second kappa shape index (κ2) is 14.0. The maximum atomic E-state index is 14.4. The topological polar surface area (TPSA) is 8.17 Å². The van der Waals surface area contributed by atoms with Crippen LogP contribution in [-0.2, 0) is 0 Å². The Morgan fingerprint density at radius 3 is 1.79 bits per heavy atom. The van der Waals surface area contributed by atoms with E-state index in [1.807, 2.05) is 29.5 Å². The number of hydrogen-bond donors (Lipinski definition) is 0. The van der Waals surface area contributed by atoms with E-state index in [1.165, 1.54) is 36.9 Å². The van der Waals surface area contributed by atoms with Crippen molar-refractivity contribution in [1.29, 1.82) is 0 Å². The van der Waals surface area contributed by atoms with Gasteiger partial charge in [0.25, 0.3) is 0 Å². The minimum atomic E-state index is -0.231. The van der Waals surface area contributed by atoms with Crippen molar-refractivity contribution in [3.8, 4) is 39.1 Å². The van der Waals surface area contributed by atoms with Crippen LogP contribution in [0.15, 0.2) is 212 Å². The molecule has 58 heavy (non-hydrogen) atoms. The fourth-order valence-electron chi connectivity index (χ4n) is 8.56. The highest BCUT2D eigenvalue weighted by Gasteiger charge is 2.17. The molecule has 2 aromatic heterocycles. The number of nitrogens with zero attached hydrogens (tertiary/aromatic N) is 2. The summed E-state index contributed by atoms with van der Waals surface area (Å²) in [4.78, 5) is 2.34. The van der Waals surface area contributed by atoms with Gasteiger partial charge in [-0.3, -0.25) is 0 Å². The Bertz CT molecular complexity index is 3290. The van der Waals surface area contributed by atoms with Gasteiger partial charge in [0.1, 0.15) is 5.82 Å². The average molecular weight is 763 g/mol. The average Bonchev–Trinajstić information content (AvgIpc) is 3.83. The van der Waals surface area contributed by atoms with E-state index in [-0.39, 0.29) is 5.82 Å². The normalized spacial score (nSPS) is 11.5. The number of benzene rings is 9. The van der Waals surface area contributed by atoms with Crippen LogP contribution >= 0.6 is 11.3 Å². The lowest BCUT2D eigenvalue weighted by atomic mass is 9.99. The van der Waals surface area contributed by atoms with Gasteiger partial charge in [-0.05, 0) is 118 Å². The molecule has 0 atom stereocenters. The lowest BCUT2D eigenvalue weighted by molar-refractivity contribution is 0.629. The number of para-hydroxylation sites is 1. The van der Waals surface area contributed by atoms with Crippen LogP contribution in [0.2, 0.25) is 0 Å². The molecular formula is C54H35FN2S. The van der Waals surface area contributed by atoms with Gasteiger partial charge < -0.3 is 9.47 Å². The molecule has 11 rings (SSSR count). The number of hydrogen-bond acceptors (Lipinski definition) is 2. The minimum absolute atomic E-state index is 0.231. The monoisotopic (exact) mass is 762 g/mol. The molecule has 0 saturated carbocycles. The van der Waals surface area contributed by atoms with Gasteiger partial charge in [0.15, 0.2) is 0 Å². The number of anilines is 3. The molecule has 0 spiro atoms. The standard InChI is InChI=1S/C54H35FN2S/c55-41-27-32-51-49(35-41)47-17-4-6-20-50(47)57(51)45-16-9-14-40(34-45)37-23-28-42(29-24-37)56(44-15-8-13-39(33-44)36-11-2-1-3-12-36)43-30-25-38(26-31-43)46-19-10-22-53-54(46)48-18-5-7-21-52(48)58-53/h1-35H. The highest BCUT2D eigenvalue weighted by molar-refractivity contribution is 7.25. The van der Waals surface area contributed by atoms with Crippen LogP contribution in [0.3, 0.4) is 0 Å². The van der Waals surface area contributed by atoms with Crippen LogP contribution in [0.5, 0.6) is 0 Å². The van der Waals surface area contributed by atoms with Gasteiger partial charge in [-0.25, -0.2) is 4.39 Å². The van der Waals surface area contributed by atoms with Crippen molar-refractivity contribution in [3.63, 3.8) is 0 Å². The van der Waals surface area contributed by atoms with Gasteiger partial charge in [0, 0.05) is 53.7 Å². The summed E-state index contributed by atoms with van der Waals surface area (Å²) in [6.07, 6.45) is 0. The van der Waals surface area contributed by atoms with Crippen molar-refractivity contribution in [2.75, 3.05) is 4.90 Å². The van der Waals surface area contributed by atoms with Crippen molar-refractivity contribution in [2.24, 2.45) is 0 Å². The smallest absolute Gasteiger partial charge is 0.123 e. The molecule has 0 radical (unpaired) electrons. The number of halogens is 1. The number of rotatable bonds is 7. The number of thiophene rings is 1. The summed E-state index contributed by atoms with van der Waals surface area (Å²) < 4.78 is 19.3. The minimum Gasteiger partial charge on any atom is -0.310 e. The van der Waals surface area contributed by atoms with E-state index in [0.717, 1.165) is 61.2 Å². The first-order valence-corrected chi connectivity index (χ1v) is 20.3. The van der Waals surface area contributed by atoms with Crippen LogP contribution in [0.4, 0.5) is 21.5 Å². The van der Waals surface area contributed by atoms with Gasteiger partial charge in [-0.1, -0.05) is 127 Å². The summed E-state index contributed by atoms with van der Waals surface area (Å²) in [5.41, 5.74) is 13.3. The van der Waals surface area contributed by atoms with Crippen LogP contribution in [0.1, 0.15) is 0 Å². The van der Waals surface area contributed by atoms with Crippen LogP contribution in [0.25, 0.3) is 81.0 Å². The van der Waals surface area contributed by atoms with Gasteiger partial charge in [0.05, 0.1) is 11.0 Å². The molecular weight excluding hydrogens is 728 g/mol. The molecule has 0 saturated heterocycles. The van der Waals surface area contributed by atoms with Crippen molar-refractivity contribution in [1.82, 2.24) is 4.57 Å². The van der Waals surface area contributed by atoms with Crippen molar-refractivity contribution < 1.29 is 4.39 Å². The third kappa shape index (κ3) is 5.85. The fourth-order valence-corrected chi connectivity index (χ4v) is 9.69. The summed E-state index contributed by atoms with van der Waals surface area (Å²) in [6.45, 7) is 0. The molecule has 0 aliphatic carbocycles. The number of fused-ring (bicyclic) bond motifs is 6. The summed E-state index contributed by atoms with van der Waals surface area (Å²) in [7, 11) is 0. The molecule has 0 N–H and O–H groups in total. The molecule has 0 bridgehead atoms. The van der Waals surface area contributed by atoms with E-state index < -0.39 is 0 Å². The zero-order chi connectivity index (χ0) is 38.6. The van der Waals surface area contributed by atoms with Gasteiger partial charge in [-0.2, -0.15) is 0 Å². The van der Waals surface area contributed by atoms with E-state index in [2.05, 4.69) is 191 Å². The summed E-state index contributed by atoms with van der Waals surface area (Å²) in [5, 5.41) is 4.56. The Kier molecular flexibility index (Phi) is 8.23. The zero-order valence-electron chi connectivity index (χ0n) is 31.4. The quantitative estimate of drug-likeness (QED) is 0.157. The summed E-state index contributed by atoms with van der Waals surface area (Å²) >= 11 is 1.85. The maximum absolute atomic E-state index is 14.4. The lowest BCUT2D eigenvalue weighted by Crippen LogP contribution is -2.10. The van der Waals surface area contributed by atoms with Gasteiger partial charge in [-0.15, -0.1) is 11.3 Å². The molecule has 0 aliphatic heterocycles. The molecule has 4 heteroatoms. The first-order valence-electron chi connectivity index (χ1n) is 19.5. The fraction of sp³-hybridized carbons (Fsp3) is 0. The van der Waals surface area contributed by atoms with Gasteiger partial charge in [0.2, 0.25) is 0 Å². The van der Waals surface area contributed by atoms with Crippen LogP contribution in [0, 0.1) is 5.82 Å². The number of aromatic nitrogens is 1. The van der Waals surface area contributed by atoms with Gasteiger partial charge >= 0.3 is 0 Å². The van der Waals surface area contributed by atoms with E-state index in [9.17, 15) is 4.39 Å². The molecule has 2 nitrogen and oxygen atoms in total. The van der Waals surface area contributed by atoms with Crippen molar-refractivity contribution in [2.45, 2.75) is 0 Å². The van der Waals surface area contributed by atoms with E-state index in [0.29, 0.717) is 0 Å². The predicted molar refractivity (Wildman–Crippen MR) is 245 cm³/mol. The SMILES string of the molecule is Fc1ccc2c(c1)c1ccccc1n2-c1cccc(-c2ccc(N(c3ccc(-c4cccc5sc6ccccc6c45)cc3)c3cccc(-c4ccccc4)c3)cc2)c1. The molecule has 274 valence electrons. The molecule has 11 aromatic rings. The van der Waals surface area contributed by atoms with Crippen molar-refractivity contribution in [3.05, 3.63) is 218 Å². The highest BCUT2D eigenvalue weighted by Crippen LogP contribution is 2.42. The maximum Gasteiger partial charge on any atom is 0.123 e. The van der Waals surface area contributed by atoms with E-state index >= 15 is 0 Å². The largest absolute Gasteiger partial charge is 0.310 e. The third-order valence-corrected chi connectivity index (χ3v) is 12.4.